The molecule has 2 heterocycles. The van der Waals surface area contributed by atoms with Gasteiger partial charge in [0.05, 0.1) is 0 Å². The first kappa shape index (κ1) is 12.1. The van der Waals surface area contributed by atoms with Gasteiger partial charge in [0.15, 0.2) is 0 Å². The SMILES string of the molecule is CC1(CNCc2ccc3[nH]ccc3c2)CCCS1. The highest BCUT2D eigenvalue weighted by molar-refractivity contribution is 8.00. The molecule has 1 aromatic carbocycles. The summed E-state index contributed by atoms with van der Waals surface area (Å²) in [5, 5.41) is 4.91. The van der Waals surface area contributed by atoms with Crippen molar-refractivity contribution in [3.8, 4) is 0 Å². The third-order valence-corrected chi connectivity index (χ3v) is 5.28. The van der Waals surface area contributed by atoms with Gasteiger partial charge >= 0.3 is 0 Å². The van der Waals surface area contributed by atoms with E-state index in [1.807, 2.05) is 6.20 Å². The third kappa shape index (κ3) is 2.57. The summed E-state index contributed by atoms with van der Waals surface area (Å²) in [4.78, 5) is 3.23. The average molecular weight is 260 g/mol. The molecule has 2 nitrogen and oxygen atoms in total. The number of rotatable bonds is 4. The van der Waals surface area contributed by atoms with Crippen LogP contribution in [0.2, 0.25) is 0 Å². The van der Waals surface area contributed by atoms with E-state index in [2.05, 4.69) is 53.3 Å². The predicted molar refractivity (Wildman–Crippen MR) is 80.1 cm³/mol. The van der Waals surface area contributed by atoms with Crippen molar-refractivity contribution >= 4 is 22.7 Å². The van der Waals surface area contributed by atoms with Crippen molar-refractivity contribution in [3.63, 3.8) is 0 Å². The number of H-pyrrole nitrogens is 1. The van der Waals surface area contributed by atoms with Gasteiger partial charge in [-0.3, -0.25) is 0 Å². The smallest absolute Gasteiger partial charge is 0.0454 e. The number of hydrogen-bond acceptors (Lipinski definition) is 2. The predicted octanol–water partition coefficient (Wildman–Crippen LogP) is 3.54. The zero-order valence-electron chi connectivity index (χ0n) is 10.8. The minimum Gasteiger partial charge on any atom is -0.361 e. The summed E-state index contributed by atoms with van der Waals surface area (Å²) in [5.41, 5.74) is 2.59. The summed E-state index contributed by atoms with van der Waals surface area (Å²) in [6, 6.07) is 8.77. The molecule has 1 fully saturated rings. The highest BCUT2D eigenvalue weighted by Crippen LogP contribution is 2.36. The molecule has 1 atom stereocenters. The molecule has 3 rings (SSSR count). The van der Waals surface area contributed by atoms with Crippen molar-refractivity contribution in [2.24, 2.45) is 0 Å². The molecule has 0 radical (unpaired) electrons. The van der Waals surface area contributed by atoms with E-state index in [9.17, 15) is 0 Å². The summed E-state index contributed by atoms with van der Waals surface area (Å²) in [5.74, 6) is 1.33. The van der Waals surface area contributed by atoms with Crippen LogP contribution in [0.1, 0.15) is 25.3 Å². The van der Waals surface area contributed by atoms with Crippen molar-refractivity contribution in [3.05, 3.63) is 36.0 Å². The molecule has 1 unspecified atom stereocenters. The fraction of sp³-hybridized carbons (Fsp3) is 0.467. The van der Waals surface area contributed by atoms with Gasteiger partial charge in [-0.15, -0.1) is 0 Å². The fourth-order valence-electron chi connectivity index (χ4n) is 2.66. The van der Waals surface area contributed by atoms with E-state index >= 15 is 0 Å². The van der Waals surface area contributed by atoms with Crippen LogP contribution in [-0.2, 0) is 6.54 Å². The molecular weight excluding hydrogens is 240 g/mol. The van der Waals surface area contributed by atoms with Crippen LogP contribution in [-0.4, -0.2) is 22.0 Å². The molecule has 2 N–H and O–H groups in total. The van der Waals surface area contributed by atoms with Crippen LogP contribution in [0.15, 0.2) is 30.5 Å². The maximum absolute atomic E-state index is 3.61. The fourth-order valence-corrected chi connectivity index (χ4v) is 3.93. The Balaban J connectivity index is 1.59. The molecule has 0 aliphatic carbocycles. The Hall–Kier alpha value is -0.930. The van der Waals surface area contributed by atoms with Gasteiger partial charge in [-0.25, -0.2) is 0 Å². The zero-order chi connectivity index (χ0) is 12.4. The molecule has 3 heteroatoms. The van der Waals surface area contributed by atoms with E-state index in [4.69, 9.17) is 0 Å². The minimum absolute atomic E-state index is 0.457. The second-order valence-corrected chi connectivity index (χ2v) is 7.09. The first-order valence-electron chi connectivity index (χ1n) is 6.66. The largest absolute Gasteiger partial charge is 0.361 e. The molecule has 1 aliphatic heterocycles. The standard InChI is InChI=1S/C15H20N2S/c1-15(6-2-8-18-15)11-16-10-12-3-4-14-13(9-12)5-7-17-14/h3-5,7,9,16-17H,2,6,8,10-11H2,1H3. The molecule has 1 aliphatic rings. The molecule has 2 aromatic rings. The summed E-state index contributed by atoms with van der Waals surface area (Å²) in [7, 11) is 0. The molecule has 0 amide bonds. The van der Waals surface area contributed by atoms with E-state index in [1.165, 1.54) is 35.1 Å². The number of hydrogen-bond donors (Lipinski definition) is 2. The Bertz CT molecular complexity index is 526. The number of aromatic amines is 1. The lowest BCUT2D eigenvalue weighted by molar-refractivity contribution is 0.537. The topological polar surface area (TPSA) is 27.8 Å². The second-order valence-electron chi connectivity index (χ2n) is 5.40. The van der Waals surface area contributed by atoms with Crippen LogP contribution < -0.4 is 5.32 Å². The van der Waals surface area contributed by atoms with Gasteiger partial charge in [0.2, 0.25) is 0 Å². The van der Waals surface area contributed by atoms with Crippen LogP contribution in [0.5, 0.6) is 0 Å². The van der Waals surface area contributed by atoms with Crippen LogP contribution in [0.25, 0.3) is 10.9 Å². The molecule has 0 spiro atoms. The lowest BCUT2D eigenvalue weighted by Crippen LogP contribution is -2.32. The Morgan fingerprint density at radius 3 is 3.17 bits per heavy atom. The molecule has 0 saturated carbocycles. The minimum atomic E-state index is 0.457. The van der Waals surface area contributed by atoms with Crippen LogP contribution in [0.4, 0.5) is 0 Å². The number of thioether (sulfide) groups is 1. The van der Waals surface area contributed by atoms with E-state index in [1.54, 1.807) is 0 Å². The highest BCUT2D eigenvalue weighted by atomic mass is 32.2. The molecular formula is C15H20N2S. The Morgan fingerprint density at radius 1 is 1.39 bits per heavy atom. The Labute approximate surface area is 113 Å². The third-order valence-electron chi connectivity index (χ3n) is 3.75. The number of fused-ring (bicyclic) bond motifs is 1. The second kappa shape index (κ2) is 4.98. The van der Waals surface area contributed by atoms with E-state index in [0.717, 1.165) is 13.1 Å². The lowest BCUT2D eigenvalue weighted by atomic mass is 10.1. The molecule has 18 heavy (non-hydrogen) atoms. The van der Waals surface area contributed by atoms with Crippen molar-refractivity contribution in [1.29, 1.82) is 0 Å². The van der Waals surface area contributed by atoms with Crippen molar-refractivity contribution in [1.82, 2.24) is 10.3 Å². The zero-order valence-corrected chi connectivity index (χ0v) is 11.6. The van der Waals surface area contributed by atoms with Crippen molar-refractivity contribution < 1.29 is 0 Å². The van der Waals surface area contributed by atoms with Gasteiger partial charge in [-0.05, 0) is 54.7 Å². The van der Waals surface area contributed by atoms with Gasteiger partial charge in [-0.1, -0.05) is 6.07 Å². The van der Waals surface area contributed by atoms with Crippen molar-refractivity contribution in [2.45, 2.75) is 31.1 Å². The van der Waals surface area contributed by atoms with Crippen molar-refractivity contribution in [2.75, 3.05) is 12.3 Å². The highest BCUT2D eigenvalue weighted by Gasteiger charge is 2.28. The Kier molecular flexibility index (Phi) is 3.35. The van der Waals surface area contributed by atoms with E-state index in [0.29, 0.717) is 4.75 Å². The lowest BCUT2D eigenvalue weighted by Gasteiger charge is -2.23. The number of nitrogens with one attached hydrogen (secondary N) is 2. The summed E-state index contributed by atoms with van der Waals surface area (Å²) >= 11 is 2.12. The maximum atomic E-state index is 3.61. The summed E-state index contributed by atoms with van der Waals surface area (Å²) in [6.45, 7) is 4.47. The van der Waals surface area contributed by atoms with Gasteiger partial charge in [0.1, 0.15) is 0 Å². The first-order chi connectivity index (χ1) is 8.75. The van der Waals surface area contributed by atoms with Gasteiger partial charge < -0.3 is 10.3 Å². The van der Waals surface area contributed by atoms with E-state index in [-0.39, 0.29) is 0 Å². The summed E-state index contributed by atoms with van der Waals surface area (Å²) < 4.78 is 0.457. The van der Waals surface area contributed by atoms with Crippen LogP contribution in [0, 0.1) is 0 Å². The summed E-state index contributed by atoms with van der Waals surface area (Å²) in [6.07, 6.45) is 4.72. The molecule has 1 aromatic heterocycles. The quantitative estimate of drug-likeness (QED) is 0.880. The van der Waals surface area contributed by atoms with Gasteiger partial charge in [0, 0.05) is 29.6 Å². The van der Waals surface area contributed by atoms with Gasteiger partial charge in [-0.2, -0.15) is 11.8 Å². The van der Waals surface area contributed by atoms with E-state index < -0.39 is 0 Å². The molecule has 0 bridgehead atoms. The van der Waals surface area contributed by atoms with Crippen LogP contribution in [0.3, 0.4) is 0 Å². The van der Waals surface area contributed by atoms with Gasteiger partial charge in [0.25, 0.3) is 0 Å². The number of benzene rings is 1. The molecule has 1 saturated heterocycles. The monoisotopic (exact) mass is 260 g/mol. The first-order valence-corrected chi connectivity index (χ1v) is 7.64. The Morgan fingerprint density at radius 2 is 2.33 bits per heavy atom. The number of aromatic nitrogens is 1. The average Bonchev–Trinajstić information content (AvgIpc) is 2.97. The maximum Gasteiger partial charge on any atom is 0.0454 e. The molecule has 96 valence electrons. The normalized spacial score (nSPS) is 23.8. The van der Waals surface area contributed by atoms with Crippen LogP contribution >= 0.6 is 11.8 Å².